The summed E-state index contributed by atoms with van der Waals surface area (Å²) in [5, 5.41) is 3.22. The fourth-order valence-corrected chi connectivity index (χ4v) is 4.50. The normalized spacial score (nSPS) is 12.2. The van der Waals surface area contributed by atoms with Crippen LogP contribution in [0.15, 0.2) is 48.5 Å². The third-order valence-electron chi connectivity index (χ3n) is 5.39. The van der Waals surface area contributed by atoms with Crippen LogP contribution in [0.4, 0.5) is 5.69 Å². The van der Waals surface area contributed by atoms with Crippen molar-refractivity contribution in [2.45, 2.75) is 39.7 Å². The van der Waals surface area contributed by atoms with Crippen molar-refractivity contribution in [3.63, 3.8) is 0 Å². The van der Waals surface area contributed by atoms with Gasteiger partial charge < -0.3 is 10.2 Å². The van der Waals surface area contributed by atoms with Gasteiger partial charge in [0, 0.05) is 18.1 Å². The lowest BCUT2D eigenvalue weighted by molar-refractivity contribution is -0.138. The predicted molar refractivity (Wildman–Crippen MR) is 133 cm³/mol. The Labute approximate surface area is 201 Å². The molecule has 0 fully saturated rings. The van der Waals surface area contributed by atoms with Crippen molar-refractivity contribution >= 4 is 39.1 Å². The molecule has 0 saturated heterocycles. The molecule has 0 heterocycles. The maximum Gasteiger partial charge on any atom is 0.244 e. The molecule has 33 heavy (non-hydrogen) atoms. The first-order valence-corrected chi connectivity index (χ1v) is 13.1. The lowest BCUT2D eigenvalue weighted by Gasteiger charge is -2.32. The van der Waals surface area contributed by atoms with Crippen molar-refractivity contribution < 1.29 is 18.0 Å². The molecule has 180 valence electrons. The van der Waals surface area contributed by atoms with E-state index < -0.39 is 28.5 Å². The van der Waals surface area contributed by atoms with Gasteiger partial charge in [-0.1, -0.05) is 54.9 Å². The third-order valence-corrected chi connectivity index (χ3v) is 6.92. The summed E-state index contributed by atoms with van der Waals surface area (Å²) >= 11 is 6.20. The number of carbonyl (C=O) groups excluding carboxylic acids is 2. The molecular weight excluding hydrogens is 462 g/mol. The van der Waals surface area contributed by atoms with E-state index in [0.29, 0.717) is 29.2 Å². The largest absolute Gasteiger partial charge is 0.354 e. The molecule has 2 rings (SSSR count). The van der Waals surface area contributed by atoms with Crippen LogP contribution in [0.25, 0.3) is 0 Å². The maximum atomic E-state index is 13.4. The van der Waals surface area contributed by atoms with E-state index in [1.165, 1.54) is 4.90 Å². The Kier molecular flexibility index (Phi) is 9.73. The van der Waals surface area contributed by atoms with E-state index in [1.54, 1.807) is 32.0 Å². The topological polar surface area (TPSA) is 86.8 Å². The Bertz CT molecular complexity index is 1060. The molecule has 9 heteroatoms. The van der Waals surface area contributed by atoms with Crippen molar-refractivity contribution in [2.75, 3.05) is 30.2 Å². The van der Waals surface area contributed by atoms with E-state index in [4.69, 9.17) is 11.6 Å². The van der Waals surface area contributed by atoms with Gasteiger partial charge in [0.05, 0.1) is 11.9 Å². The number of nitrogens with one attached hydrogen (secondary N) is 1. The van der Waals surface area contributed by atoms with Gasteiger partial charge in [0.2, 0.25) is 21.8 Å². The second-order valence-corrected chi connectivity index (χ2v) is 10.3. The predicted octanol–water partition coefficient (Wildman–Crippen LogP) is 3.40. The minimum absolute atomic E-state index is 0.274. The molecule has 0 unspecified atom stereocenters. The molecule has 2 amide bonds. The van der Waals surface area contributed by atoms with Crippen LogP contribution in [0, 0.1) is 6.92 Å². The Hall–Kier alpha value is -2.58. The second-order valence-electron chi connectivity index (χ2n) is 7.94. The zero-order valence-electron chi connectivity index (χ0n) is 19.5. The zero-order valence-corrected chi connectivity index (χ0v) is 21.1. The Morgan fingerprint density at radius 3 is 2.36 bits per heavy atom. The van der Waals surface area contributed by atoms with Crippen LogP contribution in [-0.2, 0) is 26.0 Å². The van der Waals surface area contributed by atoms with E-state index in [2.05, 4.69) is 5.32 Å². The van der Waals surface area contributed by atoms with E-state index in [1.807, 2.05) is 37.3 Å². The summed E-state index contributed by atoms with van der Waals surface area (Å²) in [4.78, 5) is 27.5. The molecule has 2 aromatic carbocycles. The number of hydrogen-bond acceptors (Lipinski definition) is 4. The molecule has 0 radical (unpaired) electrons. The summed E-state index contributed by atoms with van der Waals surface area (Å²) < 4.78 is 26.3. The van der Waals surface area contributed by atoms with Gasteiger partial charge >= 0.3 is 0 Å². The van der Waals surface area contributed by atoms with Gasteiger partial charge in [-0.05, 0) is 49.9 Å². The van der Waals surface area contributed by atoms with E-state index in [9.17, 15) is 18.0 Å². The molecule has 2 aromatic rings. The SMILES string of the molecule is CCCNC(=O)[C@@H](C)N(CCc1ccccc1)C(=O)CN(c1cccc(Cl)c1C)S(C)(=O)=O. The molecule has 0 aliphatic carbocycles. The van der Waals surface area contributed by atoms with Crippen LogP contribution in [0.2, 0.25) is 5.02 Å². The van der Waals surface area contributed by atoms with Gasteiger partial charge in [0.25, 0.3) is 0 Å². The zero-order chi connectivity index (χ0) is 24.6. The molecular formula is C24H32ClN3O4S. The van der Waals surface area contributed by atoms with Gasteiger partial charge in [-0.2, -0.15) is 0 Å². The van der Waals surface area contributed by atoms with Gasteiger partial charge in [-0.3, -0.25) is 13.9 Å². The molecule has 0 saturated carbocycles. The number of nitrogens with zero attached hydrogens (tertiary/aromatic N) is 2. The quantitative estimate of drug-likeness (QED) is 0.519. The van der Waals surface area contributed by atoms with Gasteiger partial charge in [-0.25, -0.2) is 8.42 Å². The number of hydrogen-bond donors (Lipinski definition) is 1. The summed E-state index contributed by atoms with van der Waals surface area (Å²) in [7, 11) is -3.79. The number of carbonyl (C=O) groups is 2. The highest BCUT2D eigenvalue weighted by atomic mass is 35.5. The summed E-state index contributed by atoms with van der Waals surface area (Å²) in [6, 6.07) is 13.8. The number of benzene rings is 2. The minimum atomic E-state index is -3.79. The summed E-state index contributed by atoms with van der Waals surface area (Å²) in [5.41, 5.74) is 1.91. The van der Waals surface area contributed by atoms with Crippen molar-refractivity contribution in [1.82, 2.24) is 10.2 Å². The maximum absolute atomic E-state index is 13.4. The first-order valence-electron chi connectivity index (χ1n) is 10.9. The van der Waals surface area contributed by atoms with Gasteiger partial charge in [0.15, 0.2) is 0 Å². The van der Waals surface area contributed by atoms with Crippen molar-refractivity contribution in [2.24, 2.45) is 0 Å². The number of rotatable bonds is 11. The fourth-order valence-electron chi connectivity index (χ4n) is 3.43. The summed E-state index contributed by atoms with van der Waals surface area (Å²) in [5.74, 6) is -0.738. The first kappa shape index (κ1) is 26.7. The van der Waals surface area contributed by atoms with Crippen molar-refractivity contribution in [3.8, 4) is 0 Å². The smallest absolute Gasteiger partial charge is 0.244 e. The third kappa shape index (κ3) is 7.47. The number of halogens is 1. The fraction of sp³-hybridized carbons (Fsp3) is 0.417. The molecule has 0 aliphatic heterocycles. The van der Waals surface area contributed by atoms with Gasteiger partial charge in [0.1, 0.15) is 12.6 Å². The highest BCUT2D eigenvalue weighted by Gasteiger charge is 2.30. The van der Waals surface area contributed by atoms with E-state index >= 15 is 0 Å². The van der Waals surface area contributed by atoms with Crippen LogP contribution in [0.1, 0.15) is 31.4 Å². The summed E-state index contributed by atoms with van der Waals surface area (Å²) in [6.07, 6.45) is 2.35. The standard InChI is InChI=1S/C24H32ClN3O4S/c1-5-15-26-24(30)19(3)27(16-14-20-10-7-6-8-11-20)23(29)17-28(33(4,31)32)22-13-9-12-21(25)18(22)2/h6-13,19H,5,14-17H2,1-4H3,(H,26,30)/t19-/m1/s1. The minimum Gasteiger partial charge on any atom is -0.354 e. The highest BCUT2D eigenvalue weighted by molar-refractivity contribution is 7.92. The van der Waals surface area contributed by atoms with Crippen molar-refractivity contribution in [3.05, 3.63) is 64.7 Å². The van der Waals surface area contributed by atoms with Crippen LogP contribution >= 0.6 is 11.6 Å². The Morgan fingerprint density at radius 2 is 1.76 bits per heavy atom. The molecule has 0 aromatic heterocycles. The molecule has 1 N–H and O–H groups in total. The second kappa shape index (κ2) is 12.0. The lowest BCUT2D eigenvalue weighted by Crippen LogP contribution is -2.52. The van der Waals surface area contributed by atoms with Crippen LogP contribution in [0.3, 0.4) is 0 Å². The average Bonchev–Trinajstić information content (AvgIpc) is 2.77. The molecule has 0 bridgehead atoms. The lowest BCUT2D eigenvalue weighted by atomic mass is 10.1. The summed E-state index contributed by atoms with van der Waals surface area (Å²) in [6.45, 7) is 5.65. The highest BCUT2D eigenvalue weighted by Crippen LogP contribution is 2.28. The van der Waals surface area contributed by atoms with Gasteiger partial charge in [-0.15, -0.1) is 0 Å². The van der Waals surface area contributed by atoms with Crippen molar-refractivity contribution in [1.29, 1.82) is 0 Å². The number of sulfonamides is 1. The first-order chi connectivity index (χ1) is 15.6. The number of amides is 2. The molecule has 7 nitrogen and oxygen atoms in total. The van der Waals surface area contributed by atoms with E-state index in [-0.39, 0.29) is 12.5 Å². The average molecular weight is 494 g/mol. The van der Waals surface area contributed by atoms with Crippen LogP contribution in [-0.4, -0.2) is 57.1 Å². The Morgan fingerprint density at radius 1 is 1.09 bits per heavy atom. The van der Waals surface area contributed by atoms with Crippen LogP contribution in [0.5, 0.6) is 0 Å². The molecule has 1 atom stereocenters. The number of anilines is 1. The monoisotopic (exact) mass is 493 g/mol. The molecule has 0 aliphatic rings. The van der Waals surface area contributed by atoms with Crippen LogP contribution < -0.4 is 9.62 Å². The van der Waals surface area contributed by atoms with E-state index in [0.717, 1.165) is 22.5 Å². The molecule has 0 spiro atoms. The Balaban J connectivity index is 2.33.